The molecule has 0 aromatic rings. The third-order valence-electron chi connectivity index (χ3n) is 1.79. The SMILES string of the molecule is CC(C)(C)C(OC(N)=O)[C@@H]1CO1. The van der Waals surface area contributed by atoms with Gasteiger partial charge in [0.25, 0.3) is 0 Å². The van der Waals surface area contributed by atoms with Crippen molar-refractivity contribution in [3.05, 3.63) is 0 Å². The van der Waals surface area contributed by atoms with E-state index in [0.717, 1.165) is 0 Å². The van der Waals surface area contributed by atoms with Gasteiger partial charge in [-0.15, -0.1) is 0 Å². The van der Waals surface area contributed by atoms with E-state index in [2.05, 4.69) is 0 Å². The molecule has 0 aromatic heterocycles. The topological polar surface area (TPSA) is 64.8 Å². The molecule has 1 rings (SSSR count). The molecule has 0 aliphatic carbocycles. The Balaban J connectivity index is 2.54. The summed E-state index contributed by atoms with van der Waals surface area (Å²) in [6, 6.07) is 0. The number of carbonyl (C=O) groups is 1. The van der Waals surface area contributed by atoms with Gasteiger partial charge in [0.2, 0.25) is 0 Å². The molecule has 0 saturated carbocycles. The lowest BCUT2D eigenvalue weighted by Gasteiger charge is -2.28. The van der Waals surface area contributed by atoms with E-state index in [9.17, 15) is 4.79 Å². The van der Waals surface area contributed by atoms with E-state index >= 15 is 0 Å². The summed E-state index contributed by atoms with van der Waals surface area (Å²) in [5, 5.41) is 0. The molecule has 1 aliphatic rings. The summed E-state index contributed by atoms with van der Waals surface area (Å²) in [5.41, 5.74) is 4.82. The minimum absolute atomic E-state index is 0.0394. The quantitative estimate of drug-likeness (QED) is 0.631. The van der Waals surface area contributed by atoms with Gasteiger partial charge in [0, 0.05) is 5.41 Å². The lowest BCUT2D eigenvalue weighted by atomic mass is 9.87. The van der Waals surface area contributed by atoms with Crippen LogP contribution in [0.1, 0.15) is 20.8 Å². The van der Waals surface area contributed by atoms with Gasteiger partial charge in [0.15, 0.2) is 0 Å². The number of amides is 1. The smallest absolute Gasteiger partial charge is 0.404 e. The molecule has 4 nitrogen and oxygen atoms in total. The molecular weight excluding hydrogens is 158 g/mol. The summed E-state index contributed by atoms with van der Waals surface area (Å²) in [4.78, 5) is 10.5. The minimum atomic E-state index is -0.731. The van der Waals surface area contributed by atoms with Gasteiger partial charge >= 0.3 is 6.09 Å². The fraction of sp³-hybridized carbons (Fsp3) is 0.875. The maximum absolute atomic E-state index is 10.5. The molecule has 1 heterocycles. The number of epoxide rings is 1. The third-order valence-corrected chi connectivity index (χ3v) is 1.79. The van der Waals surface area contributed by atoms with Crippen LogP contribution in [0.4, 0.5) is 4.79 Å². The Bertz CT molecular complexity index is 181. The summed E-state index contributed by atoms with van der Waals surface area (Å²) in [7, 11) is 0. The van der Waals surface area contributed by atoms with Gasteiger partial charge < -0.3 is 15.2 Å². The molecule has 0 spiro atoms. The van der Waals surface area contributed by atoms with Crippen molar-refractivity contribution in [1.82, 2.24) is 0 Å². The number of hydrogen-bond acceptors (Lipinski definition) is 3. The lowest BCUT2D eigenvalue weighted by molar-refractivity contribution is 0.0180. The lowest BCUT2D eigenvalue weighted by Crippen LogP contribution is -2.37. The number of rotatable bonds is 2. The second-order valence-electron chi connectivity index (χ2n) is 4.10. The maximum Gasteiger partial charge on any atom is 0.404 e. The van der Waals surface area contributed by atoms with Crippen molar-refractivity contribution < 1.29 is 14.3 Å². The highest BCUT2D eigenvalue weighted by molar-refractivity contribution is 5.65. The molecule has 1 fully saturated rings. The molecule has 0 bridgehead atoms. The predicted molar refractivity (Wildman–Crippen MR) is 43.7 cm³/mol. The van der Waals surface area contributed by atoms with Crippen LogP contribution in [0, 0.1) is 5.41 Å². The van der Waals surface area contributed by atoms with Gasteiger partial charge in [-0.1, -0.05) is 20.8 Å². The first-order chi connectivity index (χ1) is 5.41. The Kier molecular flexibility index (Phi) is 2.28. The van der Waals surface area contributed by atoms with Crippen molar-refractivity contribution in [2.24, 2.45) is 11.1 Å². The molecule has 1 aliphatic heterocycles. The number of nitrogens with two attached hydrogens (primary N) is 1. The van der Waals surface area contributed by atoms with Gasteiger partial charge in [0.05, 0.1) is 6.61 Å². The first-order valence-corrected chi connectivity index (χ1v) is 3.99. The molecule has 0 aromatic carbocycles. The van der Waals surface area contributed by atoms with Crippen LogP contribution in [0.2, 0.25) is 0 Å². The highest BCUT2D eigenvalue weighted by Gasteiger charge is 2.42. The van der Waals surface area contributed by atoms with E-state index in [0.29, 0.717) is 6.61 Å². The van der Waals surface area contributed by atoms with Gasteiger partial charge in [-0.2, -0.15) is 0 Å². The molecule has 12 heavy (non-hydrogen) atoms. The van der Waals surface area contributed by atoms with E-state index in [1.54, 1.807) is 0 Å². The second-order valence-corrected chi connectivity index (χ2v) is 4.10. The van der Waals surface area contributed by atoms with Crippen molar-refractivity contribution in [3.63, 3.8) is 0 Å². The number of carbonyl (C=O) groups excluding carboxylic acids is 1. The van der Waals surface area contributed by atoms with E-state index in [1.165, 1.54) is 0 Å². The van der Waals surface area contributed by atoms with Crippen molar-refractivity contribution in [2.75, 3.05) is 6.61 Å². The Hall–Kier alpha value is -0.770. The van der Waals surface area contributed by atoms with Crippen LogP contribution in [0.15, 0.2) is 0 Å². The zero-order valence-electron chi connectivity index (χ0n) is 7.66. The summed E-state index contributed by atoms with van der Waals surface area (Å²) in [5.74, 6) is 0. The van der Waals surface area contributed by atoms with Gasteiger partial charge in [0.1, 0.15) is 12.2 Å². The summed E-state index contributed by atoms with van der Waals surface area (Å²) >= 11 is 0. The number of primary amides is 1. The largest absolute Gasteiger partial charge is 0.443 e. The van der Waals surface area contributed by atoms with Crippen molar-refractivity contribution in [1.29, 1.82) is 0 Å². The molecule has 1 saturated heterocycles. The fourth-order valence-corrected chi connectivity index (χ4v) is 1.17. The normalized spacial score (nSPS) is 24.8. The maximum atomic E-state index is 10.5. The standard InChI is InChI=1S/C8H15NO3/c1-8(2,3)6(5-4-11-5)12-7(9)10/h5-6H,4H2,1-3H3,(H2,9,10)/t5-,6?/m0/s1. The van der Waals surface area contributed by atoms with Gasteiger partial charge in [-0.05, 0) is 0 Å². The summed E-state index contributed by atoms with van der Waals surface area (Å²) in [6.07, 6.45) is -0.919. The molecule has 1 amide bonds. The van der Waals surface area contributed by atoms with E-state index < -0.39 is 6.09 Å². The highest BCUT2D eigenvalue weighted by Crippen LogP contribution is 2.31. The zero-order valence-corrected chi connectivity index (χ0v) is 7.66. The van der Waals surface area contributed by atoms with Crippen LogP contribution in [0.5, 0.6) is 0 Å². The second kappa shape index (κ2) is 2.94. The van der Waals surface area contributed by atoms with Crippen LogP contribution in [-0.4, -0.2) is 24.9 Å². The monoisotopic (exact) mass is 173 g/mol. The fourth-order valence-electron chi connectivity index (χ4n) is 1.17. The molecule has 0 radical (unpaired) electrons. The van der Waals surface area contributed by atoms with Gasteiger partial charge in [-0.3, -0.25) is 0 Å². The Labute approximate surface area is 72.0 Å². The van der Waals surface area contributed by atoms with E-state index in [-0.39, 0.29) is 17.6 Å². The first-order valence-electron chi connectivity index (χ1n) is 3.99. The van der Waals surface area contributed by atoms with Crippen molar-refractivity contribution in [3.8, 4) is 0 Å². The summed E-state index contributed by atoms with van der Waals surface area (Å²) in [6.45, 7) is 6.63. The Morgan fingerprint density at radius 2 is 2.17 bits per heavy atom. The van der Waals surface area contributed by atoms with Crippen LogP contribution >= 0.6 is 0 Å². The Morgan fingerprint density at radius 1 is 1.67 bits per heavy atom. The number of hydrogen-bond donors (Lipinski definition) is 1. The molecule has 2 N–H and O–H groups in total. The average molecular weight is 173 g/mol. The molecule has 4 heteroatoms. The van der Waals surface area contributed by atoms with Crippen LogP contribution in [-0.2, 0) is 9.47 Å². The molecular formula is C8H15NO3. The predicted octanol–water partition coefficient (Wildman–Crippen LogP) is 0.895. The van der Waals surface area contributed by atoms with Crippen LogP contribution in [0.3, 0.4) is 0 Å². The molecule has 70 valence electrons. The average Bonchev–Trinajstić information content (AvgIpc) is 2.60. The van der Waals surface area contributed by atoms with Crippen LogP contribution in [0.25, 0.3) is 0 Å². The van der Waals surface area contributed by atoms with E-state index in [1.807, 2.05) is 20.8 Å². The Morgan fingerprint density at radius 3 is 2.42 bits per heavy atom. The number of ether oxygens (including phenoxy) is 2. The zero-order chi connectivity index (χ0) is 9.35. The summed E-state index contributed by atoms with van der Waals surface area (Å²) < 4.78 is 10.0. The van der Waals surface area contributed by atoms with Crippen LogP contribution < -0.4 is 5.73 Å². The van der Waals surface area contributed by atoms with Gasteiger partial charge in [-0.25, -0.2) is 4.79 Å². The molecule has 1 unspecified atom stereocenters. The third kappa shape index (κ3) is 2.37. The minimum Gasteiger partial charge on any atom is -0.443 e. The first kappa shape index (κ1) is 9.32. The van der Waals surface area contributed by atoms with E-state index in [4.69, 9.17) is 15.2 Å². The van der Waals surface area contributed by atoms with Crippen molar-refractivity contribution >= 4 is 6.09 Å². The molecule has 2 atom stereocenters. The van der Waals surface area contributed by atoms with Crippen molar-refractivity contribution in [2.45, 2.75) is 33.0 Å². The highest BCUT2D eigenvalue weighted by atomic mass is 16.6.